The molecule has 3 rings (SSSR count). The van der Waals surface area contributed by atoms with Crippen LogP contribution in [-0.4, -0.2) is 0 Å². The Balaban J connectivity index is 2.20. The third kappa shape index (κ3) is 3.02. The molecular formula is C21H19F2N. The molecule has 0 fully saturated rings. The Kier molecular flexibility index (Phi) is 4.34. The average Bonchev–Trinajstić information content (AvgIpc) is 2.58. The van der Waals surface area contributed by atoms with Crippen LogP contribution in [-0.2, 0) is 0 Å². The Bertz CT molecular complexity index is 807. The molecule has 0 saturated heterocycles. The van der Waals surface area contributed by atoms with E-state index in [9.17, 15) is 8.78 Å². The summed E-state index contributed by atoms with van der Waals surface area (Å²) < 4.78 is 28.7. The summed E-state index contributed by atoms with van der Waals surface area (Å²) in [5.74, 6) is -1.65. The Hall–Kier alpha value is -2.68. The van der Waals surface area contributed by atoms with Crippen molar-refractivity contribution in [1.29, 1.82) is 0 Å². The molecule has 0 radical (unpaired) electrons. The lowest BCUT2D eigenvalue weighted by Gasteiger charge is -2.26. The number of hydrogen-bond donors (Lipinski definition) is 0. The fourth-order valence-electron chi connectivity index (χ4n) is 2.62. The van der Waals surface area contributed by atoms with E-state index in [2.05, 4.69) is 0 Å². The fourth-order valence-corrected chi connectivity index (χ4v) is 2.62. The number of hydrogen-bond acceptors (Lipinski definition) is 1. The summed E-state index contributed by atoms with van der Waals surface area (Å²) in [7, 11) is 0. The van der Waals surface area contributed by atoms with Gasteiger partial charge in [-0.05, 0) is 56.7 Å². The Morgan fingerprint density at radius 2 is 1.04 bits per heavy atom. The molecule has 0 amide bonds. The third-order valence-corrected chi connectivity index (χ3v) is 4.08. The van der Waals surface area contributed by atoms with Crippen molar-refractivity contribution in [2.45, 2.75) is 20.8 Å². The maximum atomic E-state index is 14.6. The molecule has 0 aliphatic heterocycles. The van der Waals surface area contributed by atoms with E-state index in [1.807, 2.05) is 62.4 Å². The quantitative estimate of drug-likeness (QED) is 0.542. The van der Waals surface area contributed by atoms with E-state index < -0.39 is 11.6 Å². The van der Waals surface area contributed by atoms with Crippen LogP contribution in [0.4, 0.5) is 25.8 Å². The van der Waals surface area contributed by atoms with Gasteiger partial charge in [0, 0.05) is 11.4 Å². The SMILES string of the molecule is Cc1ccc(N(c2ccc(C)cc2)c2ccc(C)c(F)c2F)cc1. The molecule has 3 heteroatoms. The van der Waals surface area contributed by atoms with Gasteiger partial charge in [0.25, 0.3) is 0 Å². The van der Waals surface area contributed by atoms with Gasteiger partial charge < -0.3 is 4.90 Å². The van der Waals surface area contributed by atoms with Crippen molar-refractivity contribution in [3.63, 3.8) is 0 Å². The predicted molar refractivity (Wildman–Crippen MR) is 95.3 cm³/mol. The zero-order valence-corrected chi connectivity index (χ0v) is 14.0. The van der Waals surface area contributed by atoms with E-state index in [4.69, 9.17) is 0 Å². The van der Waals surface area contributed by atoms with Gasteiger partial charge >= 0.3 is 0 Å². The van der Waals surface area contributed by atoms with Gasteiger partial charge in [-0.1, -0.05) is 41.5 Å². The van der Waals surface area contributed by atoms with Crippen molar-refractivity contribution in [2.75, 3.05) is 4.90 Å². The Morgan fingerprint density at radius 1 is 0.583 bits per heavy atom. The molecule has 1 nitrogen and oxygen atoms in total. The molecule has 122 valence electrons. The topological polar surface area (TPSA) is 3.24 Å². The van der Waals surface area contributed by atoms with Crippen molar-refractivity contribution in [3.8, 4) is 0 Å². The van der Waals surface area contributed by atoms with E-state index in [1.165, 1.54) is 0 Å². The molecule has 0 spiro atoms. The lowest BCUT2D eigenvalue weighted by molar-refractivity contribution is 0.504. The molecule has 0 heterocycles. The normalized spacial score (nSPS) is 10.7. The number of anilines is 3. The van der Waals surface area contributed by atoms with E-state index in [1.54, 1.807) is 24.0 Å². The van der Waals surface area contributed by atoms with E-state index >= 15 is 0 Å². The first-order chi connectivity index (χ1) is 11.5. The summed E-state index contributed by atoms with van der Waals surface area (Å²) in [6.45, 7) is 5.54. The maximum absolute atomic E-state index is 14.6. The molecule has 0 aromatic heterocycles. The van der Waals surface area contributed by atoms with Gasteiger partial charge in [-0.3, -0.25) is 0 Å². The highest BCUT2D eigenvalue weighted by atomic mass is 19.2. The average molecular weight is 323 g/mol. The Morgan fingerprint density at radius 3 is 1.50 bits per heavy atom. The molecule has 0 N–H and O–H groups in total. The highest BCUT2D eigenvalue weighted by molar-refractivity contribution is 5.77. The number of aryl methyl sites for hydroxylation is 3. The summed E-state index contributed by atoms with van der Waals surface area (Å²) in [6, 6.07) is 18.7. The largest absolute Gasteiger partial charge is 0.308 e. The minimum atomic E-state index is -0.837. The first-order valence-electron chi connectivity index (χ1n) is 7.85. The highest BCUT2D eigenvalue weighted by Crippen LogP contribution is 2.37. The first-order valence-corrected chi connectivity index (χ1v) is 7.85. The molecule has 3 aromatic rings. The second kappa shape index (κ2) is 6.44. The van der Waals surface area contributed by atoms with Crippen molar-refractivity contribution in [1.82, 2.24) is 0 Å². The summed E-state index contributed by atoms with van der Waals surface area (Å²) in [6.07, 6.45) is 0. The van der Waals surface area contributed by atoms with Crippen LogP contribution in [0.5, 0.6) is 0 Å². The maximum Gasteiger partial charge on any atom is 0.183 e. The number of halogens is 2. The molecule has 0 aliphatic rings. The predicted octanol–water partition coefficient (Wildman–Crippen LogP) is 6.36. The molecule has 24 heavy (non-hydrogen) atoms. The van der Waals surface area contributed by atoms with Crippen LogP contribution in [0.15, 0.2) is 60.7 Å². The van der Waals surface area contributed by atoms with Crippen LogP contribution in [0.2, 0.25) is 0 Å². The number of benzene rings is 3. The minimum absolute atomic E-state index is 0.200. The zero-order chi connectivity index (χ0) is 17.3. The number of rotatable bonds is 3. The lowest BCUT2D eigenvalue weighted by Crippen LogP contribution is -2.13. The minimum Gasteiger partial charge on any atom is -0.308 e. The van der Waals surface area contributed by atoms with Gasteiger partial charge in [0.15, 0.2) is 11.6 Å². The van der Waals surface area contributed by atoms with Gasteiger partial charge in [-0.15, -0.1) is 0 Å². The van der Waals surface area contributed by atoms with Gasteiger partial charge in [-0.2, -0.15) is 0 Å². The Labute approximate surface area is 141 Å². The van der Waals surface area contributed by atoms with Crippen molar-refractivity contribution in [3.05, 3.63) is 89.0 Å². The summed E-state index contributed by atoms with van der Waals surface area (Å²) in [5, 5.41) is 0. The molecule has 0 bridgehead atoms. The second-order valence-electron chi connectivity index (χ2n) is 6.04. The van der Waals surface area contributed by atoms with Gasteiger partial charge in [0.1, 0.15) is 0 Å². The molecule has 0 unspecified atom stereocenters. The number of nitrogens with zero attached hydrogens (tertiary/aromatic N) is 1. The molecule has 0 saturated carbocycles. The van der Waals surface area contributed by atoms with Crippen molar-refractivity contribution >= 4 is 17.1 Å². The van der Waals surface area contributed by atoms with Crippen LogP contribution in [0, 0.1) is 32.4 Å². The summed E-state index contributed by atoms with van der Waals surface area (Å²) in [5.41, 5.74) is 4.28. The van der Waals surface area contributed by atoms with E-state index in [-0.39, 0.29) is 5.69 Å². The summed E-state index contributed by atoms with van der Waals surface area (Å²) >= 11 is 0. The van der Waals surface area contributed by atoms with Gasteiger partial charge in [-0.25, -0.2) is 8.78 Å². The van der Waals surface area contributed by atoms with Crippen molar-refractivity contribution in [2.24, 2.45) is 0 Å². The van der Waals surface area contributed by atoms with Gasteiger partial charge in [0.2, 0.25) is 0 Å². The van der Waals surface area contributed by atoms with Crippen LogP contribution >= 0.6 is 0 Å². The van der Waals surface area contributed by atoms with Crippen LogP contribution < -0.4 is 4.90 Å². The second-order valence-corrected chi connectivity index (χ2v) is 6.04. The zero-order valence-electron chi connectivity index (χ0n) is 14.0. The van der Waals surface area contributed by atoms with E-state index in [0.29, 0.717) is 5.56 Å². The standard InChI is InChI=1S/C21H19F2N/c1-14-4-9-17(10-5-14)24(18-11-6-15(2)7-12-18)19-13-8-16(3)20(22)21(19)23/h4-13H,1-3H3. The molecule has 0 aliphatic carbocycles. The van der Waals surface area contributed by atoms with E-state index in [0.717, 1.165) is 22.5 Å². The molecule has 3 aromatic carbocycles. The van der Waals surface area contributed by atoms with Crippen LogP contribution in [0.3, 0.4) is 0 Å². The lowest BCUT2D eigenvalue weighted by atomic mass is 10.1. The smallest absolute Gasteiger partial charge is 0.183 e. The van der Waals surface area contributed by atoms with Crippen LogP contribution in [0.25, 0.3) is 0 Å². The molecular weight excluding hydrogens is 304 g/mol. The summed E-state index contributed by atoms with van der Waals surface area (Å²) in [4.78, 5) is 1.73. The highest BCUT2D eigenvalue weighted by Gasteiger charge is 2.19. The molecule has 0 atom stereocenters. The fraction of sp³-hybridized carbons (Fsp3) is 0.143. The third-order valence-electron chi connectivity index (χ3n) is 4.08. The first kappa shape index (κ1) is 16.2. The van der Waals surface area contributed by atoms with Crippen LogP contribution in [0.1, 0.15) is 16.7 Å². The van der Waals surface area contributed by atoms with Crippen molar-refractivity contribution < 1.29 is 8.78 Å². The monoisotopic (exact) mass is 323 g/mol. The van der Waals surface area contributed by atoms with Gasteiger partial charge in [0.05, 0.1) is 5.69 Å².